The van der Waals surface area contributed by atoms with Crippen LogP contribution in [0.2, 0.25) is 5.02 Å². The number of benzene rings is 1. The van der Waals surface area contributed by atoms with Crippen molar-refractivity contribution in [1.29, 1.82) is 0 Å². The molecule has 2 atom stereocenters. The molecule has 5 heteroatoms. The second-order valence-electron chi connectivity index (χ2n) is 7.41. The zero-order valence-corrected chi connectivity index (χ0v) is 15.6. The molecule has 1 aliphatic heterocycles. The van der Waals surface area contributed by atoms with Crippen LogP contribution >= 0.6 is 11.6 Å². The Morgan fingerprint density at radius 1 is 1.28 bits per heavy atom. The van der Waals surface area contributed by atoms with Crippen LogP contribution in [0.3, 0.4) is 0 Å². The summed E-state index contributed by atoms with van der Waals surface area (Å²) in [6.45, 7) is 5.76. The number of hydrogen-bond donors (Lipinski definition) is 1. The highest BCUT2D eigenvalue weighted by Gasteiger charge is 2.27. The highest BCUT2D eigenvalue weighted by molar-refractivity contribution is 6.36. The van der Waals surface area contributed by atoms with Gasteiger partial charge in [0.1, 0.15) is 0 Å². The van der Waals surface area contributed by atoms with Crippen LogP contribution in [0.25, 0.3) is 10.9 Å². The first-order valence-corrected chi connectivity index (χ1v) is 9.57. The lowest BCUT2D eigenvalue weighted by molar-refractivity contribution is 0.0616. The number of halogens is 1. The molecule has 1 N–H and O–H groups in total. The lowest BCUT2D eigenvalue weighted by Gasteiger charge is -2.37. The fraction of sp³-hybridized carbons (Fsp3) is 0.500. The van der Waals surface area contributed by atoms with Crippen LogP contribution in [-0.4, -0.2) is 41.0 Å². The van der Waals surface area contributed by atoms with Crippen molar-refractivity contribution in [2.24, 2.45) is 0 Å². The zero-order chi connectivity index (χ0) is 17.6. The van der Waals surface area contributed by atoms with Crippen molar-refractivity contribution < 1.29 is 4.79 Å². The monoisotopic (exact) mass is 357 g/mol. The lowest BCUT2D eigenvalue weighted by atomic mass is 9.94. The Kier molecular flexibility index (Phi) is 4.42. The quantitative estimate of drug-likeness (QED) is 0.848. The molecule has 2 aliphatic rings. The maximum Gasteiger partial charge on any atom is 0.254 e. The molecule has 4 nitrogen and oxygen atoms in total. The topological polar surface area (TPSA) is 45.2 Å². The van der Waals surface area contributed by atoms with Crippen LogP contribution in [0.1, 0.15) is 48.3 Å². The van der Waals surface area contributed by atoms with E-state index in [9.17, 15) is 4.79 Å². The molecule has 2 heterocycles. The van der Waals surface area contributed by atoms with Gasteiger partial charge in [-0.2, -0.15) is 0 Å². The summed E-state index contributed by atoms with van der Waals surface area (Å²) >= 11 is 6.64. The smallest absolute Gasteiger partial charge is 0.254 e. The van der Waals surface area contributed by atoms with Gasteiger partial charge >= 0.3 is 0 Å². The fourth-order valence-electron chi connectivity index (χ4n) is 3.97. The van der Waals surface area contributed by atoms with E-state index in [1.807, 2.05) is 23.1 Å². The van der Waals surface area contributed by atoms with E-state index in [4.69, 9.17) is 16.6 Å². The largest absolute Gasteiger partial charge is 0.333 e. The van der Waals surface area contributed by atoms with Crippen LogP contribution in [0.5, 0.6) is 0 Å². The molecule has 4 rings (SSSR count). The number of rotatable bonds is 1. The number of hydrogen-bond acceptors (Lipinski definition) is 3. The second-order valence-corrected chi connectivity index (χ2v) is 7.78. The number of amides is 1. The SMILES string of the molecule is CC1CN(C(=O)c2ccc3c(Cl)c4c(nc3c2)CCCC4)C(C)CN1. The zero-order valence-electron chi connectivity index (χ0n) is 14.8. The van der Waals surface area contributed by atoms with Crippen molar-refractivity contribution in [2.45, 2.75) is 51.6 Å². The summed E-state index contributed by atoms with van der Waals surface area (Å²) in [6, 6.07) is 6.29. The molecular weight excluding hydrogens is 334 g/mol. The number of pyridine rings is 1. The van der Waals surface area contributed by atoms with Gasteiger partial charge < -0.3 is 10.2 Å². The van der Waals surface area contributed by atoms with Gasteiger partial charge in [0.2, 0.25) is 0 Å². The molecule has 1 aromatic carbocycles. The average molecular weight is 358 g/mol. The fourth-order valence-corrected chi connectivity index (χ4v) is 4.33. The van der Waals surface area contributed by atoms with E-state index in [0.29, 0.717) is 11.6 Å². The minimum absolute atomic E-state index is 0.0818. The van der Waals surface area contributed by atoms with Crippen molar-refractivity contribution in [3.63, 3.8) is 0 Å². The van der Waals surface area contributed by atoms with E-state index in [1.54, 1.807) is 0 Å². The minimum atomic E-state index is 0.0818. The van der Waals surface area contributed by atoms with Crippen molar-refractivity contribution in [2.75, 3.05) is 13.1 Å². The Balaban J connectivity index is 1.72. The highest BCUT2D eigenvalue weighted by Crippen LogP contribution is 2.33. The van der Waals surface area contributed by atoms with Gasteiger partial charge in [-0.25, -0.2) is 0 Å². The number of nitrogens with one attached hydrogen (secondary N) is 1. The maximum atomic E-state index is 13.0. The molecule has 0 bridgehead atoms. The van der Waals surface area contributed by atoms with Gasteiger partial charge in [-0.05, 0) is 57.2 Å². The van der Waals surface area contributed by atoms with Crippen LogP contribution in [0.4, 0.5) is 0 Å². The molecule has 0 radical (unpaired) electrons. The van der Waals surface area contributed by atoms with E-state index in [2.05, 4.69) is 19.2 Å². The predicted molar refractivity (Wildman–Crippen MR) is 101 cm³/mol. The molecular formula is C20H24ClN3O. The molecule has 132 valence electrons. The molecule has 1 aliphatic carbocycles. The number of fused-ring (bicyclic) bond motifs is 2. The second kappa shape index (κ2) is 6.58. The van der Waals surface area contributed by atoms with E-state index < -0.39 is 0 Å². The van der Waals surface area contributed by atoms with Crippen LogP contribution in [-0.2, 0) is 12.8 Å². The van der Waals surface area contributed by atoms with E-state index >= 15 is 0 Å². The number of aromatic nitrogens is 1. The van der Waals surface area contributed by atoms with E-state index in [1.165, 1.54) is 12.0 Å². The normalized spacial score (nSPS) is 23.6. The molecule has 1 fully saturated rings. The van der Waals surface area contributed by atoms with Crippen molar-refractivity contribution in [1.82, 2.24) is 15.2 Å². The average Bonchev–Trinajstić information content (AvgIpc) is 2.63. The van der Waals surface area contributed by atoms with E-state index in [0.717, 1.165) is 54.0 Å². The summed E-state index contributed by atoms with van der Waals surface area (Å²) in [4.78, 5) is 19.8. The van der Waals surface area contributed by atoms with Gasteiger partial charge in [0.05, 0.1) is 10.5 Å². The van der Waals surface area contributed by atoms with Crippen molar-refractivity contribution in [3.8, 4) is 0 Å². The molecule has 25 heavy (non-hydrogen) atoms. The summed E-state index contributed by atoms with van der Waals surface area (Å²) < 4.78 is 0. The van der Waals surface area contributed by atoms with Crippen LogP contribution in [0.15, 0.2) is 18.2 Å². The van der Waals surface area contributed by atoms with Gasteiger partial charge in [-0.1, -0.05) is 17.7 Å². The molecule has 1 saturated heterocycles. The Morgan fingerprint density at radius 3 is 2.92 bits per heavy atom. The van der Waals surface area contributed by atoms with Gasteiger partial charge in [-0.3, -0.25) is 9.78 Å². The standard InChI is InChI=1S/C20H24ClN3O/c1-12-11-24(13(2)10-22-12)20(25)14-7-8-16-18(9-14)23-17-6-4-3-5-15(17)19(16)21/h7-9,12-13,22H,3-6,10-11H2,1-2H3. The highest BCUT2D eigenvalue weighted by atomic mass is 35.5. The summed E-state index contributed by atoms with van der Waals surface area (Å²) in [5.74, 6) is 0.0818. The lowest BCUT2D eigenvalue weighted by Crippen LogP contribution is -2.56. The third-order valence-corrected chi connectivity index (χ3v) is 5.90. The van der Waals surface area contributed by atoms with Gasteiger partial charge in [-0.15, -0.1) is 0 Å². The third-order valence-electron chi connectivity index (χ3n) is 5.47. The number of carbonyl (C=O) groups excluding carboxylic acids is 1. The van der Waals surface area contributed by atoms with Gasteiger partial charge in [0.15, 0.2) is 0 Å². The summed E-state index contributed by atoms with van der Waals surface area (Å²) in [6.07, 6.45) is 4.33. The number of carbonyl (C=O) groups is 1. The molecule has 0 saturated carbocycles. The molecule has 1 aromatic heterocycles. The first-order chi connectivity index (χ1) is 12.0. The predicted octanol–water partition coefficient (Wildman–Crippen LogP) is 3.59. The number of aryl methyl sites for hydroxylation is 1. The van der Waals surface area contributed by atoms with Crippen molar-refractivity contribution in [3.05, 3.63) is 40.0 Å². The van der Waals surface area contributed by atoms with Gasteiger partial charge in [0, 0.05) is 41.8 Å². The van der Waals surface area contributed by atoms with Crippen LogP contribution < -0.4 is 5.32 Å². The minimum Gasteiger partial charge on any atom is -0.333 e. The summed E-state index contributed by atoms with van der Waals surface area (Å²) in [5.41, 5.74) is 3.85. The van der Waals surface area contributed by atoms with Crippen molar-refractivity contribution >= 4 is 28.4 Å². The summed E-state index contributed by atoms with van der Waals surface area (Å²) in [7, 11) is 0. The Bertz CT molecular complexity index is 835. The molecule has 2 aromatic rings. The Morgan fingerprint density at radius 2 is 2.08 bits per heavy atom. The molecule has 2 unspecified atom stereocenters. The van der Waals surface area contributed by atoms with E-state index in [-0.39, 0.29) is 11.9 Å². The molecule has 1 amide bonds. The third kappa shape index (κ3) is 3.02. The Hall–Kier alpha value is -1.65. The summed E-state index contributed by atoms with van der Waals surface area (Å²) in [5, 5.41) is 5.20. The Labute approximate surface area is 153 Å². The van der Waals surface area contributed by atoms with Crippen LogP contribution in [0, 0.1) is 0 Å². The molecule has 0 spiro atoms. The first-order valence-electron chi connectivity index (χ1n) is 9.20. The maximum absolute atomic E-state index is 13.0. The van der Waals surface area contributed by atoms with Gasteiger partial charge in [0.25, 0.3) is 5.91 Å². The number of piperazine rings is 1. The first kappa shape index (κ1) is 16.8. The number of nitrogens with zero attached hydrogens (tertiary/aromatic N) is 2.